The van der Waals surface area contributed by atoms with Crippen LogP contribution in [-0.4, -0.2) is 16.8 Å². The molecule has 0 unspecified atom stereocenters. The molecule has 0 aliphatic heterocycles. The topological polar surface area (TPSA) is 71.1 Å². The molecule has 0 aliphatic rings. The zero-order valence-electron chi connectivity index (χ0n) is 15.5. The van der Waals surface area contributed by atoms with E-state index in [0.717, 1.165) is 12.1 Å². The van der Waals surface area contributed by atoms with E-state index < -0.39 is 23.7 Å². The second-order valence-electron chi connectivity index (χ2n) is 6.30. The van der Waals surface area contributed by atoms with Gasteiger partial charge < -0.3 is 10.6 Å². The summed E-state index contributed by atoms with van der Waals surface area (Å²) in [7, 11) is 0. The summed E-state index contributed by atoms with van der Waals surface area (Å²) in [4.78, 5) is 28.4. The summed E-state index contributed by atoms with van der Waals surface area (Å²) in [5, 5.41) is 5.41. The third-order valence-electron chi connectivity index (χ3n) is 4.12. The molecular formula is C21H15ClF3N3O2. The Morgan fingerprint density at radius 2 is 1.50 bits per heavy atom. The van der Waals surface area contributed by atoms with Gasteiger partial charge in [-0.15, -0.1) is 0 Å². The number of carbonyl (C=O) groups is 2. The molecule has 0 saturated carbocycles. The first-order valence-corrected chi connectivity index (χ1v) is 9.05. The van der Waals surface area contributed by atoms with Gasteiger partial charge in [-0.05, 0) is 49.4 Å². The summed E-state index contributed by atoms with van der Waals surface area (Å²) in [6.45, 7) is 1.31. The molecule has 0 atom stereocenters. The van der Waals surface area contributed by atoms with Gasteiger partial charge in [0.25, 0.3) is 11.8 Å². The number of hydrogen-bond donors (Lipinski definition) is 2. The summed E-state index contributed by atoms with van der Waals surface area (Å²) < 4.78 is 38.2. The molecule has 0 bridgehead atoms. The van der Waals surface area contributed by atoms with Crippen LogP contribution >= 0.6 is 11.6 Å². The highest BCUT2D eigenvalue weighted by Gasteiger charge is 2.33. The number of carbonyl (C=O) groups excluding carboxylic acids is 2. The average Bonchev–Trinajstić information content (AvgIpc) is 2.69. The maximum Gasteiger partial charge on any atom is 0.433 e. The molecule has 0 radical (unpaired) electrons. The molecule has 1 aromatic heterocycles. The minimum atomic E-state index is -4.60. The standard InChI is InChI=1S/C21H15ClF3N3O2/c1-12-15(8-10-18(26-12)21(23,24)25)19(29)28-14-7-9-17(22)16(11-14)20(30)27-13-5-3-2-4-6-13/h2-11H,1H3,(H,27,30)(H,28,29). The number of amides is 2. The second kappa shape index (κ2) is 8.54. The van der Waals surface area contributed by atoms with Crippen LogP contribution in [0.2, 0.25) is 5.02 Å². The number of aromatic nitrogens is 1. The van der Waals surface area contributed by atoms with Gasteiger partial charge in [-0.25, -0.2) is 4.98 Å². The van der Waals surface area contributed by atoms with Gasteiger partial charge in [0.1, 0.15) is 5.69 Å². The number of hydrogen-bond acceptors (Lipinski definition) is 3. The van der Waals surface area contributed by atoms with Gasteiger partial charge in [0.2, 0.25) is 0 Å². The maximum absolute atomic E-state index is 12.7. The fourth-order valence-corrected chi connectivity index (χ4v) is 2.86. The smallest absolute Gasteiger partial charge is 0.322 e. The Bertz CT molecular complexity index is 1100. The molecule has 0 saturated heterocycles. The maximum atomic E-state index is 12.7. The van der Waals surface area contributed by atoms with Crippen LogP contribution in [0.15, 0.2) is 60.7 Å². The second-order valence-corrected chi connectivity index (χ2v) is 6.70. The van der Waals surface area contributed by atoms with E-state index in [1.165, 1.54) is 25.1 Å². The molecule has 30 heavy (non-hydrogen) atoms. The van der Waals surface area contributed by atoms with Gasteiger partial charge in [0.15, 0.2) is 0 Å². The third kappa shape index (κ3) is 4.96. The lowest BCUT2D eigenvalue weighted by atomic mass is 10.1. The highest BCUT2D eigenvalue weighted by Crippen LogP contribution is 2.28. The normalized spacial score (nSPS) is 11.1. The van der Waals surface area contributed by atoms with Crippen molar-refractivity contribution < 1.29 is 22.8 Å². The van der Waals surface area contributed by atoms with E-state index in [1.54, 1.807) is 30.3 Å². The highest BCUT2D eigenvalue weighted by molar-refractivity contribution is 6.34. The molecule has 0 aliphatic carbocycles. The highest BCUT2D eigenvalue weighted by atomic mass is 35.5. The lowest BCUT2D eigenvalue weighted by molar-refractivity contribution is -0.141. The molecule has 154 valence electrons. The van der Waals surface area contributed by atoms with E-state index in [1.807, 2.05) is 0 Å². The fourth-order valence-electron chi connectivity index (χ4n) is 2.65. The Hall–Kier alpha value is -3.39. The molecule has 1 heterocycles. The van der Waals surface area contributed by atoms with E-state index in [4.69, 9.17) is 11.6 Å². The Balaban J connectivity index is 1.80. The minimum Gasteiger partial charge on any atom is -0.322 e. The SMILES string of the molecule is Cc1nc(C(F)(F)F)ccc1C(=O)Nc1ccc(Cl)c(C(=O)Nc2ccccc2)c1. The molecule has 0 fully saturated rings. The summed E-state index contributed by atoms with van der Waals surface area (Å²) in [5.74, 6) is -1.14. The van der Waals surface area contributed by atoms with E-state index in [-0.39, 0.29) is 27.5 Å². The van der Waals surface area contributed by atoms with Crippen molar-refractivity contribution in [2.24, 2.45) is 0 Å². The molecule has 9 heteroatoms. The van der Waals surface area contributed by atoms with Crippen molar-refractivity contribution >= 4 is 34.8 Å². The van der Waals surface area contributed by atoms with Crippen molar-refractivity contribution in [2.45, 2.75) is 13.1 Å². The number of nitrogens with zero attached hydrogens (tertiary/aromatic N) is 1. The van der Waals surface area contributed by atoms with E-state index in [0.29, 0.717) is 5.69 Å². The van der Waals surface area contributed by atoms with Gasteiger partial charge >= 0.3 is 6.18 Å². The lowest BCUT2D eigenvalue weighted by Gasteiger charge is -2.12. The molecule has 5 nitrogen and oxygen atoms in total. The Morgan fingerprint density at radius 3 is 2.13 bits per heavy atom. The number of para-hydroxylation sites is 1. The van der Waals surface area contributed by atoms with Gasteiger partial charge in [-0.1, -0.05) is 29.8 Å². The van der Waals surface area contributed by atoms with Gasteiger partial charge in [0, 0.05) is 11.4 Å². The predicted octanol–water partition coefficient (Wildman–Crippen LogP) is 5.57. The summed E-state index contributed by atoms with van der Waals surface area (Å²) >= 11 is 6.11. The number of anilines is 2. The molecule has 2 aromatic carbocycles. The molecule has 3 aromatic rings. The molecule has 2 amide bonds. The van der Waals surface area contributed by atoms with Gasteiger partial charge in [-0.2, -0.15) is 13.2 Å². The number of aryl methyl sites for hydroxylation is 1. The van der Waals surface area contributed by atoms with Crippen LogP contribution in [0, 0.1) is 6.92 Å². The molecular weight excluding hydrogens is 419 g/mol. The van der Waals surface area contributed by atoms with Crippen LogP contribution in [0.5, 0.6) is 0 Å². The first-order valence-electron chi connectivity index (χ1n) is 8.67. The fraction of sp³-hybridized carbons (Fsp3) is 0.0952. The number of pyridine rings is 1. The van der Waals surface area contributed by atoms with E-state index >= 15 is 0 Å². The van der Waals surface area contributed by atoms with Crippen molar-refractivity contribution in [1.82, 2.24) is 4.98 Å². The predicted molar refractivity (Wildman–Crippen MR) is 108 cm³/mol. The average molecular weight is 434 g/mol. The zero-order chi connectivity index (χ0) is 21.9. The number of halogens is 4. The zero-order valence-corrected chi connectivity index (χ0v) is 16.3. The number of benzene rings is 2. The van der Waals surface area contributed by atoms with Gasteiger partial charge in [-0.3, -0.25) is 9.59 Å². The van der Waals surface area contributed by atoms with Crippen LogP contribution in [0.3, 0.4) is 0 Å². The Labute approximate surface area is 174 Å². The number of alkyl halides is 3. The summed E-state index contributed by atoms with van der Waals surface area (Å²) in [6.07, 6.45) is -4.60. The molecule has 3 rings (SSSR count). The lowest BCUT2D eigenvalue weighted by Crippen LogP contribution is -2.17. The van der Waals surface area contributed by atoms with E-state index in [2.05, 4.69) is 15.6 Å². The van der Waals surface area contributed by atoms with Crippen LogP contribution in [-0.2, 0) is 6.18 Å². The Kier molecular flexibility index (Phi) is 6.07. The monoisotopic (exact) mass is 433 g/mol. The Morgan fingerprint density at radius 1 is 0.867 bits per heavy atom. The molecule has 2 N–H and O–H groups in total. The largest absolute Gasteiger partial charge is 0.433 e. The van der Waals surface area contributed by atoms with Crippen molar-refractivity contribution in [3.8, 4) is 0 Å². The molecule has 0 spiro atoms. The van der Waals surface area contributed by atoms with Crippen molar-refractivity contribution in [3.05, 3.63) is 88.2 Å². The number of nitrogens with one attached hydrogen (secondary N) is 2. The van der Waals surface area contributed by atoms with Crippen LogP contribution in [0.25, 0.3) is 0 Å². The quantitative estimate of drug-likeness (QED) is 0.565. The van der Waals surface area contributed by atoms with Gasteiger partial charge in [0.05, 0.1) is 21.8 Å². The van der Waals surface area contributed by atoms with Crippen LogP contribution in [0.4, 0.5) is 24.5 Å². The van der Waals surface area contributed by atoms with Crippen LogP contribution < -0.4 is 10.6 Å². The van der Waals surface area contributed by atoms with Crippen molar-refractivity contribution in [1.29, 1.82) is 0 Å². The first kappa shape index (κ1) is 21.3. The van der Waals surface area contributed by atoms with Crippen molar-refractivity contribution in [3.63, 3.8) is 0 Å². The van der Waals surface area contributed by atoms with E-state index in [9.17, 15) is 22.8 Å². The number of rotatable bonds is 4. The summed E-state index contributed by atoms with van der Waals surface area (Å²) in [5.41, 5.74) is -0.226. The minimum absolute atomic E-state index is 0.0202. The summed E-state index contributed by atoms with van der Waals surface area (Å²) in [6, 6.07) is 14.8. The van der Waals surface area contributed by atoms with Crippen LogP contribution in [0.1, 0.15) is 32.1 Å². The third-order valence-corrected chi connectivity index (χ3v) is 4.45. The first-order chi connectivity index (χ1) is 14.1. The van der Waals surface area contributed by atoms with Crippen molar-refractivity contribution in [2.75, 3.05) is 10.6 Å².